The number of hydrogen-bond donors (Lipinski definition) is 1. The lowest BCUT2D eigenvalue weighted by Crippen LogP contribution is -2.39. The summed E-state index contributed by atoms with van der Waals surface area (Å²) < 4.78 is 0. The minimum Gasteiger partial charge on any atom is -0.481 e. The van der Waals surface area contributed by atoms with E-state index in [4.69, 9.17) is 5.11 Å². The number of rotatable bonds is 6. The van der Waals surface area contributed by atoms with E-state index in [1.54, 1.807) is 11.8 Å². The number of hydrogen-bond acceptors (Lipinski definition) is 2. The van der Waals surface area contributed by atoms with Crippen molar-refractivity contribution in [2.75, 3.05) is 13.1 Å². The second-order valence-corrected chi connectivity index (χ2v) is 3.93. The number of carboxylic acids is 1. The van der Waals surface area contributed by atoms with E-state index < -0.39 is 11.9 Å². The number of carbonyl (C=O) groups is 2. The van der Waals surface area contributed by atoms with E-state index >= 15 is 0 Å². The van der Waals surface area contributed by atoms with Crippen molar-refractivity contribution in [1.29, 1.82) is 0 Å². The molecule has 2 unspecified atom stereocenters. The molecule has 0 aliphatic carbocycles. The number of amides is 1. The predicted octanol–water partition coefficient (Wildman–Crippen LogP) is 1.60. The molecule has 1 N–H and O–H groups in total. The lowest BCUT2D eigenvalue weighted by molar-refractivity contribution is -0.143. The van der Waals surface area contributed by atoms with Gasteiger partial charge in [0, 0.05) is 19.0 Å². The normalized spacial score (nSPS) is 14.4. The lowest BCUT2D eigenvalue weighted by atomic mass is 10.1. The maximum Gasteiger partial charge on any atom is 0.308 e. The predicted molar refractivity (Wildman–Crippen MR) is 58.5 cm³/mol. The monoisotopic (exact) mass is 215 g/mol. The lowest BCUT2D eigenvalue weighted by Gasteiger charge is -2.25. The Morgan fingerprint density at radius 2 is 1.73 bits per heavy atom. The van der Waals surface area contributed by atoms with E-state index in [1.807, 2.05) is 20.8 Å². The van der Waals surface area contributed by atoms with Crippen LogP contribution in [0, 0.1) is 11.8 Å². The topological polar surface area (TPSA) is 57.6 Å². The number of nitrogens with zero attached hydrogens (tertiary/aromatic N) is 1. The molecule has 0 fully saturated rings. The van der Waals surface area contributed by atoms with E-state index in [-0.39, 0.29) is 11.8 Å². The van der Waals surface area contributed by atoms with Crippen LogP contribution >= 0.6 is 0 Å². The van der Waals surface area contributed by atoms with Gasteiger partial charge < -0.3 is 10.0 Å². The zero-order chi connectivity index (χ0) is 12.0. The first kappa shape index (κ1) is 13.9. The highest BCUT2D eigenvalue weighted by Crippen LogP contribution is 2.09. The third kappa shape index (κ3) is 4.32. The van der Waals surface area contributed by atoms with Crippen molar-refractivity contribution in [3.8, 4) is 0 Å². The van der Waals surface area contributed by atoms with E-state index in [1.165, 1.54) is 0 Å². The molecule has 0 aromatic rings. The Kier molecular flexibility index (Phi) is 5.97. The quantitative estimate of drug-likeness (QED) is 0.732. The standard InChI is InChI=1S/C11H21NO3/c1-5-8(3)10(13)12(6-2)7-9(4)11(14)15/h8-9H,5-7H2,1-4H3,(H,14,15). The van der Waals surface area contributed by atoms with Gasteiger partial charge in [0.15, 0.2) is 0 Å². The molecule has 0 spiro atoms. The fourth-order valence-electron chi connectivity index (χ4n) is 1.27. The molecule has 0 rings (SSSR count). The number of carbonyl (C=O) groups excluding carboxylic acids is 1. The molecular formula is C11H21NO3. The SMILES string of the molecule is CCC(C)C(=O)N(CC)CC(C)C(=O)O. The summed E-state index contributed by atoms with van der Waals surface area (Å²) in [5.74, 6) is -1.33. The maximum atomic E-state index is 11.8. The molecule has 0 aromatic heterocycles. The molecule has 0 heterocycles. The molecule has 4 nitrogen and oxygen atoms in total. The Hall–Kier alpha value is -1.06. The van der Waals surface area contributed by atoms with Crippen LogP contribution in [-0.2, 0) is 9.59 Å². The van der Waals surface area contributed by atoms with Crippen molar-refractivity contribution in [2.45, 2.75) is 34.1 Å². The van der Waals surface area contributed by atoms with Gasteiger partial charge in [-0.25, -0.2) is 0 Å². The van der Waals surface area contributed by atoms with Gasteiger partial charge in [-0.15, -0.1) is 0 Å². The van der Waals surface area contributed by atoms with Gasteiger partial charge in [-0.2, -0.15) is 0 Å². The van der Waals surface area contributed by atoms with Gasteiger partial charge in [-0.05, 0) is 13.3 Å². The Morgan fingerprint density at radius 3 is 2.07 bits per heavy atom. The molecule has 1 amide bonds. The molecule has 15 heavy (non-hydrogen) atoms. The molecule has 0 saturated heterocycles. The van der Waals surface area contributed by atoms with Gasteiger partial charge in [0.25, 0.3) is 0 Å². The fourth-order valence-corrected chi connectivity index (χ4v) is 1.27. The summed E-state index contributed by atoms with van der Waals surface area (Å²) in [5, 5.41) is 8.77. The third-order valence-electron chi connectivity index (χ3n) is 2.64. The van der Waals surface area contributed by atoms with Crippen LogP contribution in [0.2, 0.25) is 0 Å². The largest absolute Gasteiger partial charge is 0.481 e. The van der Waals surface area contributed by atoms with Crippen molar-refractivity contribution >= 4 is 11.9 Å². The molecular weight excluding hydrogens is 194 g/mol. The van der Waals surface area contributed by atoms with Crippen molar-refractivity contribution < 1.29 is 14.7 Å². The molecule has 0 saturated carbocycles. The highest BCUT2D eigenvalue weighted by Gasteiger charge is 2.22. The summed E-state index contributed by atoms with van der Waals surface area (Å²) in [5.41, 5.74) is 0. The zero-order valence-electron chi connectivity index (χ0n) is 9.99. The van der Waals surface area contributed by atoms with Gasteiger partial charge in [-0.1, -0.05) is 20.8 Å². The second-order valence-electron chi connectivity index (χ2n) is 3.93. The minimum absolute atomic E-state index is 0.0223. The van der Waals surface area contributed by atoms with Gasteiger partial charge in [0.1, 0.15) is 0 Å². The highest BCUT2D eigenvalue weighted by molar-refractivity contribution is 5.79. The van der Waals surface area contributed by atoms with Crippen molar-refractivity contribution in [2.24, 2.45) is 11.8 Å². The molecule has 0 bridgehead atoms. The molecule has 2 atom stereocenters. The van der Waals surface area contributed by atoms with Crippen LogP contribution in [0.25, 0.3) is 0 Å². The molecule has 0 radical (unpaired) electrons. The maximum absolute atomic E-state index is 11.8. The van der Waals surface area contributed by atoms with Crippen LogP contribution in [0.3, 0.4) is 0 Å². The summed E-state index contributed by atoms with van der Waals surface area (Å²) in [4.78, 5) is 24.1. The first-order valence-corrected chi connectivity index (χ1v) is 5.45. The first-order valence-electron chi connectivity index (χ1n) is 5.45. The van der Waals surface area contributed by atoms with E-state index in [9.17, 15) is 9.59 Å². The Bertz CT molecular complexity index is 228. The average molecular weight is 215 g/mol. The van der Waals surface area contributed by atoms with Crippen LogP contribution in [-0.4, -0.2) is 35.0 Å². The van der Waals surface area contributed by atoms with E-state index in [0.29, 0.717) is 13.1 Å². The molecule has 4 heteroatoms. The minimum atomic E-state index is -0.856. The summed E-state index contributed by atoms with van der Waals surface area (Å²) in [6.07, 6.45) is 0.788. The average Bonchev–Trinajstić information content (AvgIpc) is 2.23. The second kappa shape index (κ2) is 6.43. The Labute approximate surface area is 91.3 Å². The summed E-state index contributed by atoms with van der Waals surface area (Å²) in [6.45, 7) is 8.19. The zero-order valence-corrected chi connectivity index (χ0v) is 9.99. The van der Waals surface area contributed by atoms with Crippen molar-refractivity contribution in [3.63, 3.8) is 0 Å². The van der Waals surface area contributed by atoms with Crippen molar-refractivity contribution in [1.82, 2.24) is 4.90 Å². The van der Waals surface area contributed by atoms with Crippen LogP contribution in [0.1, 0.15) is 34.1 Å². The number of aliphatic carboxylic acids is 1. The van der Waals surface area contributed by atoms with Gasteiger partial charge >= 0.3 is 5.97 Å². The third-order valence-corrected chi connectivity index (χ3v) is 2.64. The van der Waals surface area contributed by atoms with Gasteiger partial charge in [0.05, 0.1) is 5.92 Å². The summed E-state index contributed by atoms with van der Waals surface area (Å²) in [6, 6.07) is 0. The van der Waals surface area contributed by atoms with Crippen LogP contribution in [0.15, 0.2) is 0 Å². The van der Waals surface area contributed by atoms with Crippen LogP contribution < -0.4 is 0 Å². The van der Waals surface area contributed by atoms with Crippen LogP contribution in [0.4, 0.5) is 0 Å². The molecule has 0 aromatic carbocycles. The van der Waals surface area contributed by atoms with Crippen molar-refractivity contribution in [3.05, 3.63) is 0 Å². The molecule has 0 aliphatic heterocycles. The van der Waals surface area contributed by atoms with E-state index in [0.717, 1.165) is 6.42 Å². The Balaban J connectivity index is 4.36. The fraction of sp³-hybridized carbons (Fsp3) is 0.818. The smallest absolute Gasteiger partial charge is 0.308 e. The van der Waals surface area contributed by atoms with Gasteiger partial charge in [0.2, 0.25) is 5.91 Å². The van der Waals surface area contributed by atoms with Crippen LogP contribution in [0.5, 0.6) is 0 Å². The van der Waals surface area contributed by atoms with E-state index in [2.05, 4.69) is 0 Å². The summed E-state index contributed by atoms with van der Waals surface area (Å²) in [7, 11) is 0. The number of carboxylic acid groups (broad SMARTS) is 1. The van der Waals surface area contributed by atoms with Gasteiger partial charge in [-0.3, -0.25) is 9.59 Å². The Morgan fingerprint density at radius 1 is 1.20 bits per heavy atom. The molecule has 0 aliphatic rings. The first-order chi connectivity index (χ1) is 6.93. The molecule has 88 valence electrons. The summed E-state index contributed by atoms with van der Waals surface area (Å²) >= 11 is 0. The highest BCUT2D eigenvalue weighted by atomic mass is 16.4.